The Morgan fingerprint density at radius 3 is 2.68 bits per heavy atom. The quantitative estimate of drug-likeness (QED) is 0.706. The van der Waals surface area contributed by atoms with Crippen LogP contribution in [0.3, 0.4) is 0 Å². The van der Waals surface area contributed by atoms with Crippen LogP contribution >= 0.6 is 23.2 Å². The van der Waals surface area contributed by atoms with Gasteiger partial charge in [-0.05, 0) is 35.2 Å². The van der Waals surface area contributed by atoms with Crippen molar-refractivity contribution < 1.29 is 4.74 Å². The molecule has 100 valence electrons. The maximum absolute atomic E-state index is 6.11. The first kappa shape index (κ1) is 14.2. The molecule has 4 heteroatoms. The van der Waals surface area contributed by atoms with E-state index in [2.05, 4.69) is 24.9 Å². The van der Waals surface area contributed by atoms with E-state index in [1.807, 2.05) is 18.2 Å². The smallest absolute Gasteiger partial charge is 0.238 e. The van der Waals surface area contributed by atoms with E-state index in [1.54, 1.807) is 12.3 Å². The molecule has 0 saturated carbocycles. The summed E-state index contributed by atoms with van der Waals surface area (Å²) in [6.07, 6.45) is 1.67. The lowest BCUT2D eigenvalue weighted by molar-refractivity contribution is 0.462. The van der Waals surface area contributed by atoms with Crippen LogP contribution in [0, 0.1) is 0 Å². The van der Waals surface area contributed by atoms with E-state index in [0.29, 0.717) is 22.7 Å². The molecule has 0 fully saturated rings. The lowest BCUT2D eigenvalue weighted by Gasteiger charge is -2.10. The molecule has 19 heavy (non-hydrogen) atoms. The van der Waals surface area contributed by atoms with Gasteiger partial charge in [-0.1, -0.05) is 37.6 Å². The molecule has 2 nitrogen and oxygen atoms in total. The Morgan fingerprint density at radius 2 is 2.05 bits per heavy atom. The molecule has 0 aliphatic rings. The Kier molecular flexibility index (Phi) is 4.67. The Labute approximate surface area is 123 Å². The normalized spacial score (nSPS) is 10.8. The predicted octanol–water partition coefficient (Wildman–Crippen LogP) is 5.39. The topological polar surface area (TPSA) is 22.1 Å². The van der Waals surface area contributed by atoms with Crippen molar-refractivity contribution in [2.24, 2.45) is 0 Å². The summed E-state index contributed by atoms with van der Waals surface area (Å²) in [4.78, 5) is 4.18. The van der Waals surface area contributed by atoms with Crippen molar-refractivity contribution in [3.8, 4) is 11.6 Å². The number of alkyl halides is 1. The summed E-state index contributed by atoms with van der Waals surface area (Å²) in [5, 5.41) is 0.466. The molecular weight excluding hydrogens is 281 g/mol. The standard InChI is InChI=1S/C15H15Cl2NO/c1-10(2)12-4-3-5-13(7-12)19-15-14(17)6-11(8-16)9-18-15/h3-7,9-10H,8H2,1-2H3. The van der Waals surface area contributed by atoms with Crippen molar-refractivity contribution in [3.05, 3.63) is 52.7 Å². The van der Waals surface area contributed by atoms with Gasteiger partial charge in [-0.25, -0.2) is 4.98 Å². The molecule has 0 N–H and O–H groups in total. The summed E-state index contributed by atoms with van der Waals surface area (Å²) in [6.45, 7) is 4.28. The van der Waals surface area contributed by atoms with Gasteiger partial charge < -0.3 is 4.74 Å². The number of rotatable bonds is 4. The van der Waals surface area contributed by atoms with Crippen LogP contribution in [0.2, 0.25) is 5.02 Å². The third kappa shape index (κ3) is 3.62. The Balaban J connectivity index is 2.23. The molecule has 0 aliphatic heterocycles. The number of nitrogens with zero attached hydrogens (tertiary/aromatic N) is 1. The lowest BCUT2D eigenvalue weighted by Crippen LogP contribution is -1.93. The van der Waals surface area contributed by atoms with Crippen molar-refractivity contribution in [3.63, 3.8) is 0 Å². The van der Waals surface area contributed by atoms with E-state index >= 15 is 0 Å². The summed E-state index contributed by atoms with van der Waals surface area (Å²) < 4.78 is 5.71. The third-order valence-corrected chi connectivity index (χ3v) is 3.34. The number of benzene rings is 1. The number of halogens is 2. The van der Waals surface area contributed by atoms with E-state index < -0.39 is 0 Å². The molecule has 1 heterocycles. The van der Waals surface area contributed by atoms with E-state index in [-0.39, 0.29) is 0 Å². The van der Waals surface area contributed by atoms with E-state index in [9.17, 15) is 0 Å². The molecule has 2 aromatic rings. The monoisotopic (exact) mass is 295 g/mol. The highest BCUT2D eigenvalue weighted by Crippen LogP contribution is 2.29. The van der Waals surface area contributed by atoms with Crippen molar-refractivity contribution in [2.45, 2.75) is 25.6 Å². The number of ether oxygens (including phenoxy) is 1. The zero-order valence-corrected chi connectivity index (χ0v) is 12.4. The number of hydrogen-bond acceptors (Lipinski definition) is 2. The van der Waals surface area contributed by atoms with E-state index in [4.69, 9.17) is 27.9 Å². The van der Waals surface area contributed by atoms with Crippen LogP contribution < -0.4 is 4.74 Å². The van der Waals surface area contributed by atoms with Gasteiger partial charge in [0, 0.05) is 12.1 Å². The predicted molar refractivity (Wildman–Crippen MR) is 79.4 cm³/mol. The lowest BCUT2D eigenvalue weighted by atomic mass is 10.0. The van der Waals surface area contributed by atoms with E-state index in [1.165, 1.54) is 5.56 Å². The molecule has 0 bridgehead atoms. The summed E-state index contributed by atoms with van der Waals surface area (Å²) in [5.74, 6) is 1.97. The van der Waals surface area contributed by atoms with Crippen LogP contribution in [0.5, 0.6) is 11.6 Å². The van der Waals surface area contributed by atoms with Crippen LogP contribution in [0.1, 0.15) is 30.9 Å². The average molecular weight is 296 g/mol. The third-order valence-electron chi connectivity index (χ3n) is 2.76. The molecule has 0 amide bonds. The minimum atomic E-state index is 0.385. The molecule has 0 radical (unpaired) electrons. The van der Waals surface area contributed by atoms with Gasteiger partial charge in [0.2, 0.25) is 5.88 Å². The van der Waals surface area contributed by atoms with Gasteiger partial charge in [-0.15, -0.1) is 11.6 Å². The van der Waals surface area contributed by atoms with Gasteiger partial charge >= 0.3 is 0 Å². The molecule has 1 aromatic carbocycles. The molecule has 0 atom stereocenters. The van der Waals surface area contributed by atoms with Crippen molar-refractivity contribution >= 4 is 23.2 Å². The van der Waals surface area contributed by atoms with Crippen LogP contribution in [0.4, 0.5) is 0 Å². The highest BCUT2D eigenvalue weighted by atomic mass is 35.5. The van der Waals surface area contributed by atoms with Gasteiger partial charge in [0.25, 0.3) is 0 Å². The molecule has 0 spiro atoms. The van der Waals surface area contributed by atoms with Gasteiger partial charge in [-0.3, -0.25) is 0 Å². The van der Waals surface area contributed by atoms with Gasteiger partial charge in [0.1, 0.15) is 10.8 Å². The van der Waals surface area contributed by atoms with Crippen molar-refractivity contribution in [1.82, 2.24) is 4.98 Å². The number of pyridine rings is 1. The highest BCUT2D eigenvalue weighted by Gasteiger charge is 2.07. The van der Waals surface area contributed by atoms with E-state index in [0.717, 1.165) is 11.3 Å². The molecule has 1 aromatic heterocycles. The fraction of sp³-hybridized carbons (Fsp3) is 0.267. The SMILES string of the molecule is CC(C)c1cccc(Oc2ncc(CCl)cc2Cl)c1. The van der Waals surface area contributed by atoms with Crippen LogP contribution in [-0.2, 0) is 5.88 Å². The largest absolute Gasteiger partial charge is 0.438 e. The maximum atomic E-state index is 6.11. The van der Waals surface area contributed by atoms with Gasteiger partial charge in [0.05, 0.1) is 0 Å². The van der Waals surface area contributed by atoms with Crippen LogP contribution in [0.25, 0.3) is 0 Å². The minimum absolute atomic E-state index is 0.385. The van der Waals surface area contributed by atoms with Gasteiger partial charge in [-0.2, -0.15) is 0 Å². The summed E-state index contributed by atoms with van der Waals surface area (Å²) in [6, 6.07) is 9.69. The fourth-order valence-electron chi connectivity index (χ4n) is 1.66. The maximum Gasteiger partial charge on any atom is 0.238 e. The molecule has 0 saturated heterocycles. The second kappa shape index (κ2) is 6.27. The summed E-state index contributed by atoms with van der Waals surface area (Å²) in [5.41, 5.74) is 2.08. The average Bonchev–Trinajstić information content (AvgIpc) is 2.41. The summed E-state index contributed by atoms with van der Waals surface area (Å²) >= 11 is 11.8. The molecule has 0 aliphatic carbocycles. The second-order valence-electron chi connectivity index (χ2n) is 4.59. The van der Waals surface area contributed by atoms with Crippen molar-refractivity contribution in [2.75, 3.05) is 0 Å². The first-order valence-electron chi connectivity index (χ1n) is 6.08. The van der Waals surface area contributed by atoms with Gasteiger partial charge in [0.15, 0.2) is 0 Å². The Hall–Kier alpha value is -1.25. The van der Waals surface area contributed by atoms with Crippen LogP contribution in [0.15, 0.2) is 36.5 Å². The summed E-state index contributed by atoms with van der Waals surface area (Å²) in [7, 11) is 0. The van der Waals surface area contributed by atoms with Crippen LogP contribution in [-0.4, -0.2) is 4.98 Å². The molecule has 2 rings (SSSR count). The molecule has 0 unspecified atom stereocenters. The Bertz CT molecular complexity index is 570. The molecular formula is C15H15Cl2NO. The zero-order chi connectivity index (χ0) is 13.8. The fourth-order valence-corrected chi connectivity index (χ4v) is 2.04. The zero-order valence-electron chi connectivity index (χ0n) is 10.9. The second-order valence-corrected chi connectivity index (χ2v) is 5.27. The number of hydrogen-bond donors (Lipinski definition) is 0. The van der Waals surface area contributed by atoms with Crippen molar-refractivity contribution in [1.29, 1.82) is 0 Å². The first-order chi connectivity index (χ1) is 9.10. The minimum Gasteiger partial charge on any atom is -0.438 e. The number of aromatic nitrogens is 1. The Morgan fingerprint density at radius 1 is 1.26 bits per heavy atom. The first-order valence-corrected chi connectivity index (χ1v) is 6.99. The highest BCUT2D eigenvalue weighted by molar-refractivity contribution is 6.32.